The Hall–Kier alpha value is -4.26. The molecule has 13 heteroatoms. The molecule has 0 spiro atoms. The molecule has 0 fully saturated rings. The minimum Gasteiger partial charge on any atom is -0.493 e. The number of hydrogen-bond acceptors (Lipinski definition) is 8. The average Bonchev–Trinajstić information content (AvgIpc) is 2.90. The van der Waals surface area contributed by atoms with Crippen LogP contribution in [0.2, 0.25) is 0 Å². The van der Waals surface area contributed by atoms with E-state index >= 15 is 0 Å². The maximum absolute atomic E-state index is 13.1. The Morgan fingerprint density at radius 2 is 1.33 bits per heavy atom. The molecule has 3 rings (SSSR count). The van der Waals surface area contributed by atoms with Crippen LogP contribution in [0.4, 0.5) is 18.9 Å². The van der Waals surface area contributed by atoms with Crippen LogP contribution in [0.5, 0.6) is 34.5 Å². The summed E-state index contributed by atoms with van der Waals surface area (Å²) in [6, 6.07) is 10.3. The first-order valence-corrected chi connectivity index (χ1v) is 12.6. The van der Waals surface area contributed by atoms with Gasteiger partial charge >= 0.3 is 6.36 Å². The Morgan fingerprint density at radius 1 is 0.744 bits per heavy atom. The van der Waals surface area contributed by atoms with Gasteiger partial charge in [-0.2, -0.15) is 0 Å². The van der Waals surface area contributed by atoms with Gasteiger partial charge in [-0.1, -0.05) is 18.2 Å². The molecule has 0 saturated heterocycles. The number of hydrogen-bond donors (Lipinski definition) is 1. The molecule has 0 aliphatic carbocycles. The first-order valence-electron chi connectivity index (χ1n) is 11.1. The van der Waals surface area contributed by atoms with Crippen LogP contribution in [0.15, 0.2) is 53.4 Å². The van der Waals surface area contributed by atoms with Gasteiger partial charge in [0.05, 0.1) is 46.1 Å². The highest BCUT2D eigenvalue weighted by atomic mass is 32.2. The second-order valence-electron chi connectivity index (χ2n) is 7.71. The molecule has 0 heterocycles. The first kappa shape index (κ1) is 29.3. The highest BCUT2D eigenvalue weighted by Gasteiger charge is 2.31. The third kappa shape index (κ3) is 7.19. The summed E-state index contributed by atoms with van der Waals surface area (Å²) in [5.74, 6) is 1.06. The number of nitrogens with one attached hydrogen (secondary N) is 1. The third-order valence-corrected chi connectivity index (χ3v) is 6.65. The van der Waals surface area contributed by atoms with Gasteiger partial charge in [-0.15, -0.1) is 13.2 Å². The largest absolute Gasteiger partial charge is 0.573 e. The van der Waals surface area contributed by atoms with Gasteiger partial charge in [-0.05, 0) is 35.9 Å². The molecule has 0 atom stereocenters. The third-order valence-electron chi connectivity index (χ3n) is 5.29. The van der Waals surface area contributed by atoms with Gasteiger partial charge in [0.1, 0.15) is 5.75 Å². The topological polar surface area (TPSA) is 102 Å². The second kappa shape index (κ2) is 12.1. The van der Waals surface area contributed by atoms with Crippen LogP contribution in [0.1, 0.15) is 11.1 Å². The minimum atomic E-state index is -4.98. The van der Waals surface area contributed by atoms with Gasteiger partial charge in [-0.25, -0.2) is 8.42 Å². The highest BCUT2D eigenvalue weighted by Crippen LogP contribution is 2.40. The molecule has 39 heavy (non-hydrogen) atoms. The molecule has 0 unspecified atom stereocenters. The summed E-state index contributed by atoms with van der Waals surface area (Å²) in [5.41, 5.74) is 1.05. The van der Waals surface area contributed by atoms with E-state index in [1.54, 1.807) is 24.3 Å². The van der Waals surface area contributed by atoms with E-state index in [0.29, 0.717) is 34.1 Å². The fourth-order valence-corrected chi connectivity index (χ4v) is 4.66. The number of halogens is 3. The van der Waals surface area contributed by atoms with Crippen molar-refractivity contribution in [3.8, 4) is 34.5 Å². The van der Waals surface area contributed by atoms with Crippen molar-refractivity contribution in [2.75, 3.05) is 40.3 Å². The van der Waals surface area contributed by atoms with Gasteiger partial charge in [-0.3, -0.25) is 4.72 Å². The highest BCUT2D eigenvalue weighted by molar-refractivity contribution is 7.92. The van der Waals surface area contributed by atoms with Crippen molar-refractivity contribution in [1.29, 1.82) is 0 Å². The lowest BCUT2D eigenvalue weighted by molar-refractivity contribution is -0.274. The fourth-order valence-electron chi connectivity index (χ4n) is 3.55. The maximum Gasteiger partial charge on any atom is 0.573 e. The normalized spacial score (nSPS) is 11.7. The molecule has 0 radical (unpaired) electrons. The van der Waals surface area contributed by atoms with Crippen LogP contribution in [0.3, 0.4) is 0 Å². The Bertz CT molecular complexity index is 1430. The fraction of sp³-hybridized carbons (Fsp3) is 0.231. The van der Waals surface area contributed by atoms with Gasteiger partial charge < -0.3 is 28.4 Å². The quantitative estimate of drug-likeness (QED) is 0.298. The van der Waals surface area contributed by atoms with E-state index in [1.165, 1.54) is 47.7 Å². The van der Waals surface area contributed by atoms with E-state index in [1.807, 2.05) is 0 Å². The van der Waals surface area contributed by atoms with E-state index in [0.717, 1.165) is 24.3 Å². The summed E-state index contributed by atoms with van der Waals surface area (Å²) in [6.07, 6.45) is -1.71. The lowest BCUT2D eigenvalue weighted by Gasteiger charge is -2.16. The van der Waals surface area contributed by atoms with E-state index in [4.69, 9.17) is 23.7 Å². The molecule has 0 amide bonds. The van der Waals surface area contributed by atoms with Gasteiger partial charge in [0.25, 0.3) is 10.0 Å². The Balaban J connectivity index is 2.06. The molecule has 3 aromatic carbocycles. The Labute approximate surface area is 223 Å². The molecular weight excluding hydrogens is 543 g/mol. The summed E-state index contributed by atoms with van der Waals surface area (Å²) in [7, 11) is 2.86. The molecular formula is C26H26F3NO8S. The zero-order valence-corrected chi connectivity index (χ0v) is 22.4. The van der Waals surface area contributed by atoms with E-state index in [-0.39, 0.29) is 11.4 Å². The predicted molar refractivity (Wildman–Crippen MR) is 139 cm³/mol. The molecule has 0 aliphatic rings. The molecule has 9 nitrogen and oxygen atoms in total. The van der Waals surface area contributed by atoms with Crippen LogP contribution in [0, 0.1) is 0 Å². The summed E-state index contributed by atoms with van der Waals surface area (Å²) < 4.78 is 97.2. The molecule has 210 valence electrons. The number of benzene rings is 3. The molecule has 0 aromatic heterocycles. The number of sulfonamides is 1. The zero-order valence-electron chi connectivity index (χ0n) is 21.6. The molecule has 0 saturated carbocycles. The number of alkyl halides is 3. The van der Waals surface area contributed by atoms with Gasteiger partial charge in [0.15, 0.2) is 23.0 Å². The number of methoxy groups -OCH3 is 5. The van der Waals surface area contributed by atoms with Crippen LogP contribution in [-0.4, -0.2) is 50.3 Å². The second-order valence-corrected chi connectivity index (χ2v) is 9.40. The van der Waals surface area contributed by atoms with E-state index in [2.05, 4.69) is 9.46 Å². The van der Waals surface area contributed by atoms with Crippen LogP contribution < -0.4 is 33.1 Å². The van der Waals surface area contributed by atoms with E-state index in [9.17, 15) is 21.6 Å². The van der Waals surface area contributed by atoms with Crippen molar-refractivity contribution >= 4 is 27.9 Å². The van der Waals surface area contributed by atoms with Crippen LogP contribution >= 0.6 is 0 Å². The molecule has 1 N–H and O–H groups in total. The van der Waals surface area contributed by atoms with Crippen LogP contribution in [-0.2, 0) is 10.0 Å². The SMILES string of the molecule is COc1cc(/C=C\c2cc(OC)c(OC)c(OC)c2)c(NS(=O)(=O)c2cccc(OC(F)(F)F)c2)cc1OC. The zero-order chi connectivity index (χ0) is 28.8. The molecule has 0 bridgehead atoms. The summed E-state index contributed by atoms with van der Waals surface area (Å²) >= 11 is 0. The lowest BCUT2D eigenvalue weighted by Crippen LogP contribution is -2.18. The summed E-state index contributed by atoms with van der Waals surface area (Å²) in [4.78, 5) is -0.446. The number of ether oxygens (including phenoxy) is 6. The Morgan fingerprint density at radius 3 is 1.87 bits per heavy atom. The van der Waals surface area contributed by atoms with Crippen molar-refractivity contribution < 1.29 is 50.0 Å². The van der Waals surface area contributed by atoms with Crippen LogP contribution in [0.25, 0.3) is 12.2 Å². The Kier molecular flexibility index (Phi) is 9.07. The van der Waals surface area contributed by atoms with Crippen molar-refractivity contribution in [2.45, 2.75) is 11.3 Å². The molecule has 3 aromatic rings. The summed E-state index contributed by atoms with van der Waals surface area (Å²) in [6.45, 7) is 0. The smallest absolute Gasteiger partial charge is 0.493 e. The standard InChI is InChI=1S/C26H26F3NO8S/c1-33-21-13-17(10-9-16-11-23(35-3)25(37-5)24(12-16)36-4)20(15-22(21)34-2)30-39(31,32)19-8-6-7-18(14-19)38-26(27,28)29/h6-15,30H,1-5H3/b10-9-. The lowest BCUT2D eigenvalue weighted by atomic mass is 10.1. The molecule has 0 aliphatic heterocycles. The van der Waals surface area contributed by atoms with E-state index < -0.39 is 27.0 Å². The average molecular weight is 570 g/mol. The summed E-state index contributed by atoms with van der Waals surface area (Å²) in [5, 5.41) is 0. The predicted octanol–water partition coefficient (Wildman–Crippen LogP) is 5.60. The number of rotatable bonds is 11. The monoisotopic (exact) mass is 569 g/mol. The number of anilines is 1. The first-order chi connectivity index (χ1) is 18.4. The minimum absolute atomic E-state index is 0.0680. The van der Waals surface area contributed by atoms with Crippen molar-refractivity contribution in [2.24, 2.45) is 0 Å². The van der Waals surface area contributed by atoms with Gasteiger partial charge in [0, 0.05) is 17.7 Å². The van der Waals surface area contributed by atoms with Gasteiger partial charge in [0.2, 0.25) is 5.75 Å². The van der Waals surface area contributed by atoms with Crippen molar-refractivity contribution in [3.63, 3.8) is 0 Å². The maximum atomic E-state index is 13.1. The van der Waals surface area contributed by atoms with Crippen molar-refractivity contribution in [3.05, 3.63) is 59.7 Å². The van der Waals surface area contributed by atoms with Crippen molar-refractivity contribution in [1.82, 2.24) is 0 Å².